The molecule has 2 heteroatoms. The Morgan fingerprint density at radius 1 is 0.880 bits per heavy atom. The molecule has 0 atom stereocenters. The van der Waals surface area contributed by atoms with Gasteiger partial charge in [0.2, 0.25) is 0 Å². The number of aryl methyl sites for hydroxylation is 2. The van der Waals surface area contributed by atoms with Gasteiger partial charge in [0.1, 0.15) is 5.82 Å². The molecule has 0 N–H and O–H groups in total. The lowest BCUT2D eigenvalue weighted by Crippen LogP contribution is -2.33. The van der Waals surface area contributed by atoms with Gasteiger partial charge in [0.05, 0.1) is 11.0 Å². The molecule has 0 spiro atoms. The summed E-state index contributed by atoms with van der Waals surface area (Å²) in [6.07, 6.45) is 2.47. The first-order valence-electron chi connectivity index (χ1n) is 9.27. The average molecular weight is 332 g/mol. The second-order valence-corrected chi connectivity index (χ2v) is 9.01. The number of hydrogen-bond donors (Lipinski definition) is 0. The van der Waals surface area contributed by atoms with E-state index in [0.29, 0.717) is 0 Å². The molecule has 2 aromatic carbocycles. The molecule has 0 aliphatic heterocycles. The molecule has 0 amide bonds. The summed E-state index contributed by atoms with van der Waals surface area (Å²) in [4.78, 5) is 5.00. The maximum atomic E-state index is 5.00. The Labute approximate surface area is 150 Å². The predicted octanol–water partition coefficient (Wildman–Crippen LogP) is 5.90. The average Bonchev–Trinajstić information content (AvgIpc) is 2.88. The number of hydrogen-bond acceptors (Lipinski definition) is 1. The summed E-state index contributed by atoms with van der Waals surface area (Å²) in [5.41, 5.74) is 8.23. The van der Waals surface area contributed by atoms with E-state index in [9.17, 15) is 0 Å². The number of rotatable bonds is 1. The van der Waals surface area contributed by atoms with Crippen molar-refractivity contribution in [1.29, 1.82) is 0 Å². The van der Waals surface area contributed by atoms with Crippen LogP contribution in [-0.2, 0) is 17.9 Å². The van der Waals surface area contributed by atoms with Crippen LogP contribution in [0.3, 0.4) is 0 Å². The highest BCUT2D eigenvalue weighted by Gasteiger charge is 2.37. The van der Waals surface area contributed by atoms with E-state index < -0.39 is 0 Å². The fourth-order valence-electron chi connectivity index (χ4n) is 4.21. The van der Waals surface area contributed by atoms with Crippen molar-refractivity contribution in [2.75, 3.05) is 0 Å². The second kappa shape index (κ2) is 5.20. The number of aromatic nitrogens is 2. The highest BCUT2D eigenvalue weighted by molar-refractivity contribution is 5.83. The van der Waals surface area contributed by atoms with Crippen molar-refractivity contribution in [3.63, 3.8) is 0 Å². The summed E-state index contributed by atoms with van der Waals surface area (Å²) >= 11 is 0. The smallest absolute Gasteiger partial charge is 0.140 e. The minimum Gasteiger partial charge on any atom is -0.327 e. The van der Waals surface area contributed by atoms with Gasteiger partial charge in [-0.3, -0.25) is 0 Å². The minimum atomic E-state index is 0.223. The summed E-state index contributed by atoms with van der Waals surface area (Å²) in [6, 6.07) is 13.4. The predicted molar refractivity (Wildman–Crippen MR) is 106 cm³/mol. The van der Waals surface area contributed by atoms with E-state index in [-0.39, 0.29) is 10.8 Å². The van der Waals surface area contributed by atoms with E-state index in [1.807, 2.05) is 0 Å². The van der Waals surface area contributed by atoms with E-state index in [2.05, 4.69) is 82.6 Å². The summed E-state index contributed by atoms with van der Waals surface area (Å²) in [6.45, 7) is 11.6. The number of nitrogens with zero attached hydrogens (tertiary/aromatic N) is 2. The molecule has 1 aliphatic carbocycles. The summed E-state index contributed by atoms with van der Waals surface area (Å²) in [5, 5.41) is 0. The van der Waals surface area contributed by atoms with Crippen molar-refractivity contribution >= 4 is 11.0 Å². The van der Waals surface area contributed by atoms with Crippen molar-refractivity contribution in [2.45, 2.75) is 58.3 Å². The molecule has 0 saturated heterocycles. The highest BCUT2D eigenvalue weighted by atomic mass is 15.1. The first kappa shape index (κ1) is 16.4. The maximum Gasteiger partial charge on any atom is 0.140 e. The number of fused-ring (bicyclic) bond motifs is 2. The van der Waals surface area contributed by atoms with Crippen molar-refractivity contribution in [3.8, 4) is 11.4 Å². The summed E-state index contributed by atoms with van der Waals surface area (Å²) in [5.74, 6) is 1.05. The Bertz CT molecular complexity index is 956. The Morgan fingerprint density at radius 3 is 2.04 bits per heavy atom. The van der Waals surface area contributed by atoms with Crippen molar-refractivity contribution in [3.05, 3.63) is 53.1 Å². The molecule has 1 aliphatic rings. The Balaban J connectivity index is 1.97. The SMILES string of the molecule is Cc1ccc(-c2nc3cc4c(cc3n2C)C(C)(C)CCC4(C)C)cc1. The Hall–Kier alpha value is -2.09. The van der Waals surface area contributed by atoms with Crippen LogP contribution in [0.4, 0.5) is 0 Å². The number of benzene rings is 2. The fourth-order valence-corrected chi connectivity index (χ4v) is 4.21. The largest absolute Gasteiger partial charge is 0.327 e. The third-order valence-corrected chi connectivity index (χ3v) is 6.16. The molecule has 130 valence electrons. The molecular weight excluding hydrogens is 304 g/mol. The normalized spacial score (nSPS) is 18.3. The van der Waals surface area contributed by atoms with Gasteiger partial charge < -0.3 is 4.57 Å². The van der Waals surface area contributed by atoms with Crippen LogP contribution in [0.2, 0.25) is 0 Å². The zero-order chi connectivity index (χ0) is 18.0. The van der Waals surface area contributed by atoms with E-state index in [1.54, 1.807) is 0 Å². The lowest BCUT2D eigenvalue weighted by Gasteiger charge is -2.41. The van der Waals surface area contributed by atoms with Crippen LogP contribution in [0.15, 0.2) is 36.4 Å². The Kier molecular flexibility index (Phi) is 3.41. The summed E-state index contributed by atoms with van der Waals surface area (Å²) in [7, 11) is 2.14. The van der Waals surface area contributed by atoms with E-state index in [1.165, 1.54) is 40.6 Å². The standard InChI is InChI=1S/C23H28N2/c1-15-7-9-16(10-8-15)21-24-19-13-17-18(14-20(19)25(21)6)23(4,5)12-11-22(17,2)3/h7-10,13-14H,11-12H2,1-6H3. The molecule has 0 unspecified atom stereocenters. The van der Waals surface area contributed by atoms with E-state index in [0.717, 1.165) is 11.3 Å². The van der Waals surface area contributed by atoms with Crippen LogP contribution in [0, 0.1) is 6.92 Å². The molecular formula is C23H28N2. The van der Waals surface area contributed by atoms with Crippen molar-refractivity contribution in [2.24, 2.45) is 7.05 Å². The monoisotopic (exact) mass is 332 g/mol. The van der Waals surface area contributed by atoms with Gasteiger partial charge in [-0.05, 0) is 53.9 Å². The molecule has 4 rings (SSSR count). The minimum absolute atomic E-state index is 0.223. The molecule has 0 saturated carbocycles. The topological polar surface area (TPSA) is 17.8 Å². The van der Waals surface area contributed by atoms with Crippen molar-refractivity contribution in [1.82, 2.24) is 9.55 Å². The molecule has 25 heavy (non-hydrogen) atoms. The second-order valence-electron chi connectivity index (χ2n) is 9.01. The fraction of sp³-hybridized carbons (Fsp3) is 0.435. The van der Waals surface area contributed by atoms with Gasteiger partial charge in [-0.1, -0.05) is 57.5 Å². The van der Waals surface area contributed by atoms with Gasteiger partial charge in [0, 0.05) is 12.6 Å². The van der Waals surface area contributed by atoms with Crippen LogP contribution in [-0.4, -0.2) is 9.55 Å². The highest BCUT2D eigenvalue weighted by Crippen LogP contribution is 2.47. The Morgan fingerprint density at radius 2 is 1.44 bits per heavy atom. The first-order chi connectivity index (χ1) is 11.7. The lowest BCUT2D eigenvalue weighted by molar-refractivity contribution is 0.332. The third kappa shape index (κ3) is 2.50. The molecule has 3 aromatic rings. The molecule has 0 fully saturated rings. The van der Waals surface area contributed by atoms with Crippen LogP contribution in [0.25, 0.3) is 22.4 Å². The van der Waals surface area contributed by atoms with Gasteiger partial charge in [-0.15, -0.1) is 0 Å². The number of imidazole rings is 1. The van der Waals surface area contributed by atoms with Gasteiger partial charge >= 0.3 is 0 Å². The van der Waals surface area contributed by atoms with Gasteiger partial charge in [-0.2, -0.15) is 0 Å². The van der Waals surface area contributed by atoms with Gasteiger partial charge in [0.15, 0.2) is 0 Å². The maximum absolute atomic E-state index is 5.00. The van der Waals surface area contributed by atoms with Crippen LogP contribution in [0.5, 0.6) is 0 Å². The zero-order valence-electron chi connectivity index (χ0n) is 16.3. The molecule has 1 heterocycles. The quantitative estimate of drug-likeness (QED) is 0.542. The molecule has 0 bridgehead atoms. The molecule has 2 nitrogen and oxygen atoms in total. The third-order valence-electron chi connectivity index (χ3n) is 6.16. The van der Waals surface area contributed by atoms with Gasteiger partial charge in [0.25, 0.3) is 0 Å². The molecule has 0 radical (unpaired) electrons. The summed E-state index contributed by atoms with van der Waals surface area (Å²) < 4.78 is 2.25. The van der Waals surface area contributed by atoms with Crippen LogP contribution >= 0.6 is 0 Å². The van der Waals surface area contributed by atoms with E-state index >= 15 is 0 Å². The van der Waals surface area contributed by atoms with Crippen LogP contribution in [0.1, 0.15) is 57.2 Å². The zero-order valence-corrected chi connectivity index (χ0v) is 16.3. The van der Waals surface area contributed by atoms with Crippen LogP contribution < -0.4 is 0 Å². The lowest BCUT2D eigenvalue weighted by atomic mass is 9.63. The van der Waals surface area contributed by atoms with Crippen molar-refractivity contribution < 1.29 is 0 Å². The van der Waals surface area contributed by atoms with Gasteiger partial charge in [-0.25, -0.2) is 4.98 Å². The van der Waals surface area contributed by atoms with E-state index in [4.69, 9.17) is 4.98 Å². The molecule has 1 aromatic heterocycles. The first-order valence-corrected chi connectivity index (χ1v) is 9.27.